The molecule has 1 heterocycles. The number of rotatable bonds is 5. The average Bonchev–Trinajstić information content (AvgIpc) is 2.28. The van der Waals surface area contributed by atoms with Crippen LogP contribution < -0.4 is 0 Å². The summed E-state index contributed by atoms with van der Waals surface area (Å²) in [5, 5.41) is 10.4. The lowest BCUT2D eigenvalue weighted by atomic mass is 9.86. The smallest absolute Gasteiger partial charge is 0.115 e. The fourth-order valence-corrected chi connectivity index (χ4v) is 2.37. The molecule has 2 nitrogen and oxygen atoms in total. The molecule has 0 spiro atoms. The third-order valence-corrected chi connectivity index (χ3v) is 3.36. The van der Waals surface area contributed by atoms with Gasteiger partial charge in [0.2, 0.25) is 0 Å². The molecule has 0 unspecified atom stereocenters. The first-order valence-electron chi connectivity index (χ1n) is 6.25. The van der Waals surface area contributed by atoms with E-state index in [1.54, 1.807) is 0 Å². The summed E-state index contributed by atoms with van der Waals surface area (Å²) in [7, 11) is 0. The van der Waals surface area contributed by atoms with Crippen molar-refractivity contribution in [2.75, 3.05) is 19.6 Å². The molecule has 0 bridgehead atoms. The molecule has 1 aromatic carbocycles. The molecule has 0 radical (unpaired) electrons. The van der Waals surface area contributed by atoms with Crippen molar-refractivity contribution in [3.8, 4) is 0 Å². The Morgan fingerprint density at radius 1 is 1.19 bits per heavy atom. The largest absolute Gasteiger partial charge is 0.382 e. The third kappa shape index (κ3) is 2.45. The molecule has 0 aliphatic carbocycles. The molecule has 1 aromatic rings. The second kappa shape index (κ2) is 4.98. The van der Waals surface area contributed by atoms with Crippen LogP contribution in [0.3, 0.4) is 0 Å². The van der Waals surface area contributed by atoms with Gasteiger partial charge in [0.1, 0.15) is 5.60 Å². The number of hydrogen-bond donors (Lipinski definition) is 1. The van der Waals surface area contributed by atoms with Crippen molar-refractivity contribution in [1.82, 2.24) is 4.90 Å². The number of nitrogens with zero attached hydrogens (tertiary/aromatic N) is 1. The Morgan fingerprint density at radius 2 is 1.88 bits per heavy atom. The van der Waals surface area contributed by atoms with Crippen LogP contribution in [-0.2, 0) is 5.60 Å². The van der Waals surface area contributed by atoms with Gasteiger partial charge in [-0.2, -0.15) is 0 Å². The Balaban J connectivity index is 1.82. The molecule has 0 amide bonds. The topological polar surface area (TPSA) is 23.5 Å². The second-order valence-corrected chi connectivity index (χ2v) is 4.82. The van der Waals surface area contributed by atoms with Gasteiger partial charge in [-0.1, -0.05) is 50.1 Å². The molecule has 0 aromatic heterocycles. The normalized spacial score (nSPS) is 19.4. The van der Waals surface area contributed by atoms with E-state index in [1.807, 2.05) is 30.3 Å². The number of β-amino-alcohol motifs (C(OH)–C–C–N with tert-alkyl or cyclic N) is 1. The van der Waals surface area contributed by atoms with Crippen molar-refractivity contribution >= 4 is 0 Å². The Hall–Kier alpha value is -0.860. The maximum atomic E-state index is 10.4. The first kappa shape index (κ1) is 11.6. The maximum absolute atomic E-state index is 10.4. The molecule has 1 fully saturated rings. The van der Waals surface area contributed by atoms with Crippen molar-refractivity contribution in [2.24, 2.45) is 0 Å². The fraction of sp³-hybridized carbons (Fsp3) is 0.571. The first-order valence-corrected chi connectivity index (χ1v) is 6.25. The fourth-order valence-electron chi connectivity index (χ4n) is 2.37. The van der Waals surface area contributed by atoms with Crippen molar-refractivity contribution in [2.45, 2.75) is 31.8 Å². The van der Waals surface area contributed by atoms with Crippen LogP contribution in [0, 0.1) is 0 Å². The molecule has 1 N–H and O–H groups in total. The van der Waals surface area contributed by atoms with E-state index in [0.717, 1.165) is 25.2 Å². The van der Waals surface area contributed by atoms with Crippen LogP contribution in [0.4, 0.5) is 0 Å². The maximum Gasteiger partial charge on any atom is 0.115 e. The van der Waals surface area contributed by atoms with Crippen LogP contribution >= 0.6 is 0 Å². The Morgan fingerprint density at radius 3 is 2.50 bits per heavy atom. The second-order valence-electron chi connectivity index (χ2n) is 4.82. The van der Waals surface area contributed by atoms with E-state index in [4.69, 9.17) is 0 Å². The SMILES string of the molecule is CCCCCN1CC(O)(c2ccccc2)C1. The minimum Gasteiger partial charge on any atom is -0.382 e. The molecule has 0 atom stereocenters. The summed E-state index contributed by atoms with van der Waals surface area (Å²) in [6.07, 6.45) is 3.80. The lowest BCUT2D eigenvalue weighted by Crippen LogP contribution is -2.59. The molecule has 2 rings (SSSR count). The summed E-state index contributed by atoms with van der Waals surface area (Å²) in [6, 6.07) is 10.0. The van der Waals surface area contributed by atoms with Crippen LogP contribution in [0.25, 0.3) is 0 Å². The van der Waals surface area contributed by atoms with E-state index in [2.05, 4.69) is 11.8 Å². The Kier molecular flexibility index (Phi) is 3.62. The highest BCUT2D eigenvalue weighted by molar-refractivity contribution is 5.25. The van der Waals surface area contributed by atoms with Crippen LogP contribution in [0.15, 0.2) is 30.3 Å². The third-order valence-electron chi connectivity index (χ3n) is 3.36. The van der Waals surface area contributed by atoms with Crippen molar-refractivity contribution in [3.05, 3.63) is 35.9 Å². The van der Waals surface area contributed by atoms with Crippen LogP contribution in [0.2, 0.25) is 0 Å². The van der Waals surface area contributed by atoms with Crippen molar-refractivity contribution < 1.29 is 5.11 Å². The summed E-state index contributed by atoms with van der Waals surface area (Å²) in [5.41, 5.74) is 0.467. The van der Waals surface area contributed by atoms with E-state index in [-0.39, 0.29) is 0 Å². The summed E-state index contributed by atoms with van der Waals surface area (Å²) in [4.78, 5) is 2.34. The number of benzene rings is 1. The predicted octanol–water partition coefficient (Wildman–Crippen LogP) is 2.38. The molecular formula is C14H21NO. The van der Waals surface area contributed by atoms with Crippen LogP contribution in [-0.4, -0.2) is 29.6 Å². The van der Waals surface area contributed by atoms with Gasteiger partial charge in [0.15, 0.2) is 0 Å². The zero-order valence-electron chi connectivity index (χ0n) is 10.0. The first-order chi connectivity index (χ1) is 7.74. The highest BCUT2D eigenvalue weighted by Gasteiger charge is 2.41. The minimum absolute atomic E-state index is 0.590. The highest BCUT2D eigenvalue weighted by atomic mass is 16.3. The number of aliphatic hydroxyl groups is 1. The summed E-state index contributed by atoms with van der Waals surface area (Å²) in [5.74, 6) is 0. The Bertz CT molecular complexity index is 317. The monoisotopic (exact) mass is 219 g/mol. The van der Waals surface area contributed by atoms with Gasteiger partial charge < -0.3 is 5.11 Å². The number of hydrogen-bond acceptors (Lipinski definition) is 2. The van der Waals surface area contributed by atoms with E-state index in [0.29, 0.717) is 0 Å². The number of likely N-dealkylation sites (tertiary alicyclic amines) is 1. The van der Waals surface area contributed by atoms with E-state index >= 15 is 0 Å². The van der Waals surface area contributed by atoms with Gasteiger partial charge >= 0.3 is 0 Å². The standard InChI is InChI=1S/C14H21NO/c1-2-3-7-10-15-11-14(16,12-15)13-8-5-4-6-9-13/h4-6,8-9,16H,2-3,7,10-12H2,1H3. The van der Waals surface area contributed by atoms with Crippen molar-refractivity contribution in [1.29, 1.82) is 0 Å². The number of unbranched alkanes of at least 4 members (excludes halogenated alkanes) is 2. The van der Waals surface area contributed by atoms with Gasteiger partial charge in [-0.15, -0.1) is 0 Å². The lowest BCUT2D eigenvalue weighted by molar-refractivity contribution is -0.104. The van der Waals surface area contributed by atoms with Crippen LogP contribution in [0.1, 0.15) is 31.7 Å². The molecule has 88 valence electrons. The van der Waals surface area contributed by atoms with Gasteiger partial charge in [-0.25, -0.2) is 0 Å². The zero-order valence-corrected chi connectivity index (χ0v) is 10.0. The van der Waals surface area contributed by atoms with Crippen molar-refractivity contribution in [3.63, 3.8) is 0 Å². The van der Waals surface area contributed by atoms with Gasteiger partial charge in [0.25, 0.3) is 0 Å². The molecule has 1 aliphatic heterocycles. The van der Waals surface area contributed by atoms with Crippen LogP contribution in [0.5, 0.6) is 0 Å². The molecule has 16 heavy (non-hydrogen) atoms. The zero-order chi connectivity index (χ0) is 11.4. The molecule has 1 saturated heterocycles. The van der Waals surface area contributed by atoms with E-state index < -0.39 is 5.60 Å². The quantitative estimate of drug-likeness (QED) is 0.769. The van der Waals surface area contributed by atoms with E-state index in [9.17, 15) is 5.11 Å². The van der Waals surface area contributed by atoms with Gasteiger partial charge in [-0.05, 0) is 18.5 Å². The van der Waals surface area contributed by atoms with Gasteiger partial charge in [-0.3, -0.25) is 4.90 Å². The average molecular weight is 219 g/mol. The highest BCUT2D eigenvalue weighted by Crippen LogP contribution is 2.31. The van der Waals surface area contributed by atoms with E-state index in [1.165, 1.54) is 19.3 Å². The summed E-state index contributed by atoms with van der Waals surface area (Å²) >= 11 is 0. The molecule has 1 aliphatic rings. The summed E-state index contributed by atoms with van der Waals surface area (Å²) in [6.45, 7) is 4.93. The lowest BCUT2D eigenvalue weighted by Gasteiger charge is -2.47. The minimum atomic E-state index is -0.590. The Labute approximate surface area is 97.9 Å². The van der Waals surface area contributed by atoms with Gasteiger partial charge in [0, 0.05) is 13.1 Å². The molecule has 2 heteroatoms. The predicted molar refractivity (Wildman–Crippen MR) is 66.3 cm³/mol. The molecular weight excluding hydrogens is 198 g/mol. The van der Waals surface area contributed by atoms with Gasteiger partial charge in [0.05, 0.1) is 0 Å². The molecule has 0 saturated carbocycles. The summed E-state index contributed by atoms with van der Waals surface area (Å²) < 4.78 is 0.